The van der Waals surface area contributed by atoms with Gasteiger partial charge in [0.1, 0.15) is 0 Å². The van der Waals surface area contributed by atoms with Crippen LogP contribution in [0.5, 0.6) is 0 Å². The molecule has 3 aromatic rings. The van der Waals surface area contributed by atoms with E-state index in [1.54, 1.807) is 55.0 Å². The number of anilines is 1. The highest BCUT2D eigenvalue weighted by molar-refractivity contribution is 7.90. The molecule has 2 heterocycles. The van der Waals surface area contributed by atoms with E-state index >= 15 is 0 Å². The molecule has 0 aliphatic carbocycles. The highest BCUT2D eigenvalue weighted by atomic mass is 32.2. The minimum absolute atomic E-state index is 0.174. The summed E-state index contributed by atoms with van der Waals surface area (Å²) in [5.41, 5.74) is 1.86. The summed E-state index contributed by atoms with van der Waals surface area (Å²) in [6.07, 6.45) is 4.89. The lowest BCUT2D eigenvalue weighted by Crippen LogP contribution is -2.28. The summed E-state index contributed by atoms with van der Waals surface area (Å²) in [5.74, 6) is -0.174. The molecular formula is C19H18N4O3S. The number of sulfone groups is 1. The second-order valence-electron chi connectivity index (χ2n) is 5.77. The minimum atomic E-state index is -3.50. The topological polar surface area (TPSA) is 101 Å². The average Bonchev–Trinajstić information content (AvgIpc) is 2.68. The lowest BCUT2D eigenvalue weighted by atomic mass is 10.3. The Kier molecular flexibility index (Phi) is 5.77. The predicted molar refractivity (Wildman–Crippen MR) is 102 cm³/mol. The molecule has 0 fully saturated rings. The Balaban J connectivity index is 1.59. The van der Waals surface area contributed by atoms with Gasteiger partial charge in [-0.2, -0.15) is 0 Å². The van der Waals surface area contributed by atoms with Crippen molar-refractivity contribution in [2.75, 3.05) is 5.32 Å². The van der Waals surface area contributed by atoms with E-state index in [-0.39, 0.29) is 16.7 Å². The largest absolute Gasteiger partial charge is 0.334 e. The maximum atomic E-state index is 12.4. The quantitative estimate of drug-likeness (QED) is 0.683. The van der Waals surface area contributed by atoms with Crippen molar-refractivity contribution in [3.05, 3.63) is 84.4 Å². The van der Waals surface area contributed by atoms with Crippen molar-refractivity contribution in [1.29, 1.82) is 0 Å². The van der Waals surface area contributed by atoms with E-state index in [1.165, 1.54) is 12.1 Å². The van der Waals surface area contributed by atoms with Crippen LogP contribution in [0.4, 0.5) is 10.5 Å². The van der Waals surface area contributed by atoms with Gasteiger partial charge in [-0.05, 0) is 48.0 Å². The first-order chi connectivity index (χ1) is 13.0. The number of benzene rings is 1. The van der Waals surface area contributed by atoms with Crippen LogP contribution >= 0.6 is 0 Å². The zero-order chi connectivity index (χ0) is 19.1. The number of carbonyl (C=O) groups is 1. The van der Waals surface area contributed by atoms with Crippen LogP contribution in [0.2, 0.25) is 0 Å². The van der Waals surface area contributed by atoms with Crippen LogP contribution in [-0.2, 0) is 22.1 Å². The van der Waals surface area contributed by atoms with Gasteiger partial charge in [-0.3, -0.25) is 9.97 Å². The van der Waals surface area contributed by atoms with E-state index in [9.17, 15) is 13.2 Å². The van der Waals surface area contributed by atoms with Crippen molar-refractivity contribution < 1.29 is 13.2 Å². The molecule has 27 heavy (non-hydrogen) atoms. The smallest absolute Gasteiger partial charge is 0.319 e. The lowest BCUT2D eigenvalue weighted by molar-refractivity contribution is 0.251. The van der Waals surface area contributed by atoms with E-state index in [0.29, 0.717) is 17.9 Å². The predicted octanol–water partition coefficient (Wildman–Crippen LogP) is 2.77. The maximum absolute atomic E-state index is 12.4. The summed E-state index contributed by atoms with van der Waals surface area (Å²) in [7, 11) is -3.50. The Bertz CT molecular complexity index is 992. The van der Waals surface area contributed by atoms with Gasteiger partial charge in [-0.25, -0.2) is 13.2 Å². The SMILES string of the molecule is O=C(NCc1cccnc1)Nc1ccc(S(=O)(=O)Cc2ccccn2)cc1. The van der Waals surface area contributed by atoms with Gasteiger partial charge in [0.05, 0.1) is 16.3 Å². The van der Waals surface area contributed by atoms with Gasteiger partial charge in [0, 0.05) is 30.8 Å². The highest BCUT2D eigenvalue weighted by Crippen LogP contribution is 2.18. The zero-order valence-electron chi connectivity index (χ0n) is 14.4. The van der Waals surface area contributed by atoms with Crippen molar-refractivity contribution in [3.63, 3.8) is 0 Å². The number of rotatable bonds is 6. The number of urea groups is 1. The molecule has 3 rings (SSSR count). The molecule has 0 saturated carbocycles. The standard InChI is InChI=1S/C19H18N4O3S/c24-19(22-13-15-4-3-10-20-12-15)23-16-6-8-18(9-7-16)27(25,26)14-17-5-1-2-11-21-17/h1-12H,13-14H2,(H2,22,23,24). The van der Waals surface area contributed by atoms with Crippen LogP contribution in [-0.4, -0.2) is 24.4 Å². The normalized spacial score (nSPS) is 11.0. The molecule has 2 N–H and O–H groups in total. The number of hydrogen-bond donors (Lipinski definition) is 2. The molecule has 0 aliphatic heterocycles. The number of amides is 2. The molecule has 0 spiro atoms. The van der Waals surface area contributed by atoms with E-state index in [1.807, 2.05) is 6.07 Å². The van der Waals surface area contributed by atoms with E-state index in [4.69, 9.17) is 0 Å². The van der Waals surface area contributed by atoms with Crippen molar-refractivity contribution in [3.8, 4) is 0 Å². The number of pyridine rings is 2. The van der Waals surface area contributed by atoms with Crippen LogP contribution in [0.15, 0.2) is 78.1 Å². The molecule has 1 aromatic carbocycles. The second-order valence-corrected chi connectivity index (χ2v) is 7.76. The van der Waals surface area contributed by atoms with Gasteiger partial charge in [0.2, 0.25) is 0 Å². The summed E-state index contributed by atoms with van der Waals surface area (Å²) < 4.78 is 24.9. The molecule has 7 nitrogen and oxygen atoms in total. The average molecular weight is 382 g/mol. The minimum Gasteiger partial charge on any atom is -0.334 e. The van der Waals surface area contributed by atoms with Crippen molar-refractivity contribution in [1.82, 2.24) is 15.3 Å². The van der Waals surface area contributed by atoms with Gasteiger partial charge in [-0.1, -0.05) is 12.1 Å². The fourth-order valence-electron chi connectivity index (χ4n) is 2.37. The molecule has 0 radical (unpaired) electrons. The van der Waals surface area contributed by atoms with E-state index in [2.05, 4.69) is 20.6 Å². The first-order valence-electron chi connectivity index (χ1n) is 8.19. The Hall–Kier alpha value is -3.26. The molecule has 2 aromatic heterocycles. The Morgan fingerprint density at radius 3 is 2.44 bits per heavy atom. The molecule has 0 atom stereocenters. The molecule has 0 saturated heterocycles. The summed E-state index contributed by atoms with van der Waals surface area (Å²) in [6.45, 7) is 0.343. The van der Waals surface area contributed by atoms with Crippen LogP contribution in [0, 0.1) is 0 Å². The second kappa shape index (κ2) is 8.41. The number of nitrogens with one attached hydrogen (secondary N) is 2. The summed E-state index contributed by atoms with van der Waals surface area (Å²) in [4.78, 5) is 20.1. The summed E-state index contributed by atoms with van der Waals surface area (Å²) >= 11 is 0. The molecule has 0 aliphatic rings. The maximum Gasteiger partial charge on any atom is 0.319 e. The monoisotopic (exact) mass is 382 g/mol. The Morgan fingerprint density at radius 1 is 0.963 bits per heavy atom. The molecular weight excluding hydrogens is 364 g/mol. The molecule has 0 unspecified atom stereocenters. The van der Waals surface area contributed by atoms with Gasteiger partial charge in [0.15, 0.2) is 9.84 Å². The number of aromatic nitrogens is 2. The zero-order valence-corrected chi connectivity index (χ0v) is 15.2. The first kappa shape index (κ1) is 18.5. The summed E-state index contributed by atoms with van der Waals surface area (Å²) in [6, 6.07) is 14.4. The van der Waals surface area contributed by atoms with Crippen LogP contribution in [0.25, 0.3) is 0 Å². The van der Waals surface area contributed by atoms with Gasteiger partial charge >= 0.3 is 6.03 Å². The third-order valence-electron chi connectivity index (χ3n) is 3.71. The van der Waals surface area contributed by atoms with Crippen LogP contribution in [0.1, 0.15) is 11.3 Å². The molecule has 2 amide bonds. The number of nitrogens with zero attached hydrogens (tertiary/aromatic N) is 2. The Morgan fingerprint density at radius 2 is 1.78 bits per heavy atom. The third kappa shape index (κ3) is 5.35. The summed E-state index contributed by atoms with van der Waals surface area (Å²) in [5, 5.41) is 5.37. The fraction of sp³-hybridized carbons (Fsp3) is 0.105. The first-order valence-corrected chi connectivity index (χ1v) is 9.85. The van der Waals surface area contributed by atoms with Crippen molar-refractivity contribution >= 4 is 21.6 Å². The lowest BCUT2D eigenvalue weighted by Gasteiger charge is -2.09. The van der Waals surface area contributed by atoms with Gasteiger partial charge in [0.25, 0.3) is 0 Å². The highest BCUT2D eigenvalue weighted by Gasteiger charge is 2.16. The molecule has 0 bridgehead atoms. The van der Waals surface area contributed by atoms with E-state index < -0.39 is 9.84 Å². The van der Waals surface area contributed by atoms with Gasteiger partial charge < -0.3 is 10.6 Å². The van der Waals surface area contributed by atoms with Gasteiger partial charge in [-0.15, -0.1) is 0 Å². The van der Waals surface area contributed by atoms with Crippen molar-refractivity contribution in [2.45, 2.75) is 17.2 Å². The van der Waals surface area contributed by atoms with Crippen LogP contribution in [0.3, 0.4) is 0 Å². The number of hydrogen-bond acceptors (Lipinski definition) is 5. The number of carbonyl (C=O) groups excluding carboxylic acids is 1. The molecule has 138 valence electrons. The van der Waals surface area contributed by atoms with E-state index in [0.717, 1.165) is 5.56 Å². The molecule has 8 heteroatoms. The third-order valence-corrected chi connectivity index (χ3v) is 5.38. The fourth-order valence-corrected chi connectivity index (χ4v) is 3.65. The Labute approximate surface area is 157 Å². The van der Waals surface area contributed by atoms with Crippen molar-refractivity contribution in [2.24, 2.45) is 0 Å². The van der Waals surface area contributed by atoms with Crippen LogP contribution < -0.4 is 10.6 Å².